The normalized spacial score (nSPS) is 14.0. The van der Waals surface area contributed by atoms with Gasteiger partial charge in [0.25, 0.3) is 0 Å². The predicted octanol–water partition coefficient (Wildman–Crippen LogP) is 4.96. The summed E-state index contributed by atoms with van der Waals surface area (Å²) in [6, 6.07) is 13.1. The first-order chi connectivity index (χ1) is 17.5. The molecule has 1 aliphatic rings. The van der Waals surface area contributed by atoms with Crippen LogP contribution in [0, 0.1) is 6.92 Å². The minimum atomic E-state index is -3.74. The van der Waals surface area contributed by atoms with Gasteiger partial charge in [0.15, 0.2) is 17.2 Å². The summed E-state index contributed by atoms with van der Waals surface area (Å²) in [5.74, 6) is -0.909. The maximum Gasteiger partial charge on any atom is 0.586 e. The fraction of sp³-hybridized carbons (Fsp3) is 0.231. The average molecular weight is 508 g/mol. The van der Waals surface area contributed by atoms with Crippen molar-refractivity contribution in [2.24, 2.45) is 0 Å². The zero-order valence-corrected chi connectivity index (χ0v) is 20.3. The molecule has 0 spiro atoms. The molecule has 2 aromatic heterocycles. The molecule has 9 nitrogen and oxygen atoms in total. The standard InChI is InChI=1S/C26H22F2N4O5/c1-13-5-10-20(29-21(13)14-6-8-17-16(11-14)22(32-31-17)23(33)35-4)30-24(34)25(2,3)15-7-9-18-19(12-15)37-26(27,28)36-18/h5-12H,1-4H3,(H,31,32)(H,29,30,34). The summed E-state index contributed by atoms with van der Waals surface area (Å²) in [6.45, 7) is 5.20. The lowest BCUT2D eigenvalue weighted by Gasteiger charge is -2.24. The number of pyridine rings is 1. The van der Waals surface area contributed by atoms with E-state index in [9.17, 15) is 18.4 Å². The van der Waals surface area contributed by atoms with Gasteiger partial charge in [-0.05, 0) is 62.2 Å². The quantitative estimate of drug-likeness (QED) is 0.366. The zero-order chi connectivity index (χ0) is 26.5. The molecule has 0 atom stereocenters. The number of aryl methyl sites for hydroxylation is 1. The number of benzene rings is 2. The Morgan fingerprint density at radius 2 is 1.81 bits per heavy atom. The molecule has 2 aromatic carbocycles. The van der Waals surface area contributed by atoms with Crippen LogP contribution >= 0.6 is 0 Å². The predicted molar refractivity (Wildman–Crippen MR) is 130 cm³/mol. The van der Waals surface area contributed by atoms with Crippen molar-refractivity contribution in [3.63, 3.8) is 0 Å². The number of H-pyrrole nitrogens is 1. The summed E-state index contributed by atoms with van der Waals surface area (Å²) in [7, 11) is 1.28. The van der Waals surface area contributed by atoms with Crippen molar-refractivity contribution >= 4 is 28.6 Å². The number of esters is 1. The molecule has 1 aliphatic heterocycles. The lowest BCUT2D eigenvalue weighted by Crippen LogP contribution is -2.35. The Balaban J connectivity index is 1.43. The number of ether oxygens (including phenoxy) is 3. The van der Waals surface area contributed by atoms with Gasteiger partial charge in [0.2, 0.25) is 5.91 Å². The number of alkyl halides is 2. The molecule has 1 amide bonds. The number of aromatic amines is 1. The molecule has 11 heteroatoms. The van der Waals surface area contributed by atoms with E-state index < -0.39 is 23.6 Å². The number of methoxy groups -OCH3 is 1. The van der Waals surface area contributed by atoms with Crippen LogP contribution in [0.4, 0.5) is 14.6 Å². The van der Waals surface area contributed by atoms with Crippen LogP contribution in [-0.2, 0) is 14.9 Å². The Bertz CT molecular complexity index is 1560. The van der Waals surface area contributed by atoms with Crippen molar-refractivity contribution in [1.82, 2.24) is 15.2 Å². The van der Waals surface area contributed by atoms with Crippen LogP contribution in [0.25, 0.3) is 22.2 Å². The van der Waals surface area contributed by atoms with Crippen LogP contribution in [0.1, 0.15) is 35.5 Å². The Kier molecular flexibility index (Phi) is 5.58. The molecular formula is C26H22F2N4O5. The van der Waals surface area contributed by atoms with E-state index in [1.807, 2.05) is 19.1 Å². The summed E-state index contributed by atoms with van der Waals surface area (Å²) in [6.07, 6.45) is -3.74. The number of nitrogens with one attached hydrogen (secondary N) is 2. The summed E-state index contributed by atoms with van der Waals surface area (Å²) in [4.78, 5) is 29.9. The second-order valence-corrected chi connectivity index (χ2v) is 9.09. The first-order valence-electron chi connectivity index (χ1n) is 11.2. The van der Waals surface area contributed by atoms with Gasteiger partial charge in [-0.3, -0.25) is 9.89 Å². The highest BCUT2D eigenvalue weighted by Crippen LogP contribution is 2.43. The highest BCUT2D eigenvalue weighted by Gasteiger charge is 2.44. The minimum Gasteiger partial charge on any atom is -0.464 e. The third kappa shape index (κ3) is 4.32. The van der Waals surface area contributed by atoms with Crippen LogP contribution in [0.5, 0.6) is 11.5 Å². The summed E-state index contributed by atoms with van der Waals surface area (Å²) in [5.41, 5.74) is 2.31. The molecule has 5 rings (SSSR count). The van der Waals surface area contributed by atoms with Crippen molar-refractivity contribution in [1.29, 1.82) is 0 Å². The Morgan fingerprint density at radius 3 is 2.57 bits per heavy atom. The maximum absolute atomic E-state index is 13.4. The number of carbonyl (C=O) groups excluding carboxylic acids is 2. The van der Waals surface area contributed by atoms with E-state index in [1.165, 1.54) is 25.3 Å². The maximum atomic E-state index is 13.4. The zero-order valence-electron chi connectivity index (χ0n) is 20.3. The van der Waals surface area contributed by atoms with Crippen LogP contribution in [0.15, 0.2) is 48.5 Å². The van der Waals surface area contributed by atoms with Gasteiger partial charge in [-0.25, -0.2) is 9.78 Å². The van der Waals surface area contributed by atoms with E-state index in [-0.39, 0.29) is 17.2 Å². The lowest BCUT2D eigenvalue weighted by atomic mass is 9.83. The largest absolute Gasteiger partial charge is 0.586 e. The number of carbonyl (C=O) groups is 2. The molecule has 37 heavy (non-hydrogen) atoms. The van der Waals surface area contributed by atoms with E-state index >= 15 is 0 Å². The number of rotatable bonds is 5. The van der Waals surface area contributed by atoms with Crippen molar-refractivity contribution in [2.45, 2.75) is 32.5 Å². The number of anilines is 1. The highest BCUT2D eigenvalue weighted by atomic mass is 19.3. The van der Waals surface area contributed by atoms with Crippen molar-refractivity contribution in [2.75, 3.05) is 12.4 Å². The summed E-state index contributed by atoms with van der Waals surface area (Å²) >= 11 is 0. The van der Waals surface area contributed by atoms with Crippen molar-refractivity contribution in [3.05, 3.63) is 65.4 Å². The summed E-state index contributed by atoms with van der Waals surface area (Å²) in [5, 5.41) is 10.2. The van der Waals surface area contributed by atoms with E-state index in [1.54, 1.807) is 32.0 Å². The molecule has 0 unspecified atom stereocenters. The molecule has 2 N–H and O–H groups in total. The molecule has 0 aliphatic carbocycles. The number of amides is 1. The third-order valence-corrected chi connectivity index (χ3v) is 6.24. The molecular weight excluding hydrogens is 486 g/mol. The molecule has 3 heterocycles. The Hall–Kier alpha value is -4.54. The molecule has 4 aromatic rings. The first-order valence-corrected chi connectivity index (χ1v) is 11.2. The number of hydrogen-bond acceptors (Lipinski definition) is 7. The van der Waals surface area contributed by atoms with Crippen molar-refractivity contribution in [3.8, 4) is 22.8 Å². The van der Waals surface area contributed by atoms with Crippen LogP contribution in [0.2, 0.25) is 0 Å². The van der Waals surface area contributed by atoms with Gasteiger partial charge < -0.3 is 19.5 Å². The second kappa shape index (κ2) is 8.54. The number of halogens is 2. The number of fused-ring (bicyclic) bond motifs is 2. The van der Waals surface area contributed by atoms with E-state index in [0.717, 1.165) is 5.56 Å². The second-order valence-electron chi connectivity index (χ2n) is 9.09. The lowest BCUT2D eigenvalue weighted by molar-refractivity contribution is -0.286. The van der Waals surface area contributed by atoms with E-state index in [0.29, 0.717) is 33.5 Å². The monoisotopic (exact) mass is 508 g/mol. The van der Waals surface area contributed by atoms with Gasteiger partial charge >= 0.3 is 12.3 Å². The molecule has 0 saturated heterocycles. The Labute approximate surface area is 209 Å². The minimum absolute atomic E-state index is 0.0975. The van der Waals surface area contributed by atoms with Gasteiger partial charge in [-0.2, -0.15) is 5.10 Å². The molecule has 0 saturated carbocycles. The van der Waals surface area contributed by atoms with Crippen LogP contribution in [0.3, 0.4) is 0 Å². The third-order valence-electron chi connectivity index (χ3n) is 6.24. The Morgan fingerprint density at radius 1 is 1.05 bits per heavy atom. The van der Waals surface area contributed by atoms with Crippen LogP contribution < -0.4 is 14.8 Å². The molecule has 190 valence electrons. The van der Waals surface area contributed by atoms with Gasteiger partial charge in [0.05, 0.1) is 23.7 Å². The van der Waals surface area contributed by atoms with Gasteiger partial charge in [-0.15, -0.1) is 8.78 Å². The van der Waals surface area contributed by atoms with Gasteiger partial charge in [0.1, 0.15) is 5.82 Å². The smallest absolute Gasteiger partial charge is 0.464 e. The topological polar surface area (TPSA) is 115 Å². The highest BCUT2D eigenvalue weighted by molar-refractivity contribution is 6.03. The van der Waals surface area contributed by atoms with Gasteiger partial charge in [-0.1, -0.05) is 18.2 Å². The fourth-order valence-corrected chi connectivity index (χ4v) is 4.05. The first kappa shape index (κ1) is 24.2. The number of nitrogens with zero attached hydrogens (tertiary/aromatic N) is 2. The number of hydrogen-bond donors (Lipinski definition) is 2. The SMILES string of the molecule is COC(=O)c1n[nH]c2ccc(-c3nc(NC(=O)C(C)(C)c4ccc5c(c4)OC(F)(F)O5)ccc3C)cc12. The van der Waals surface area contributed by atoms with Gasteiger partial charge in [0, 0.05) is 10.9 Å². The van der Waals surface area contributed by atoms with E-state index in [4.69, 9.17) is 4.74 Å². The fourth-order valence-electron chi connectivity index (χ4n) is 4.05. The molecule has 0 radical (unpaired) electrons. The number of aromatic nitrogens is 3. The van der Waals surface area contributed by atoms with Crippen LogP contribution in [-0.4, -0.2) is 40.5 Å². The summed E-state index contributed by atoms with van der Waals surface area (Å²) < 4.78 is 40.6. The molecule has 0 fully saturated rings. The van der Waals surface area contributed by atoms with Crippen molar-refractivity contribution < 1.29 is 32.6 Å². The molecule has 0 bridgehead atoms. The average Bonchev–Trinajstić information content (AvgIpc) is 3.42. The van der Waals surface area contributed by atoms with E-state index in [2.05, 4.69) is 30.0 Å².